The van der Waals surface area contributed by atoms with Gasteiger partial charge in [-0.2, -0.15) is 4.98 Å². The molecule has 1 aromatic carbocycles. The van der Waals surface area contributed by atoms with Gasteiger partial charge in [-0.05, 0) is 43.3 Å². The van der Waals surface area contributed by atoms with Gasteiger partial charge in [0, 0.05) is 28.2 Å². The number of hydrogen-bond donors (Lipinski definition) is 1. The Morgan fingerprint density at radius 1 is 1.24 bits per heavy atom. The van der Waals surface area contributed by atoms with Crippen LogP contribution in [0.3, 0.4) is 0 Å². The Bertz CT molecular complexity index is 839. The molecule has 0 unspecified atom stereocenters. The summed E-state index contributed by atoms with van der Waals surface area (Å²) in [6, 6.07) is 11.5. The Hall–Kier alpha value is -2.67. The van der Waals surface area contributed by atoms with Crippen LogP contribution in [0.1, 0.15) is 22.1 Å². The third kappa shape index (κ3) is 4.67. The largest absolute Gasteiger partial charge is 0.497 e. The molecule has 0 saturated carbocycles. The van der Waals surface area contributed by atoms with Gasteiger partial charge in [0.2, 0.25) is 17.6 Å². The monoisotopic (exact) mass is 357 g/mol. The first-order valence-corrected chi connectivity index (χ1v) is 8.75. The van der Waals surface area contributed by atoms with Crippen molar-refractivity contribution in [3.8, 4) is 17.1 Å². The fraction of sp³-hybridized carbons (Fsp3) is 0.278. The molecule has 1 amide bonds. The minimum absolute atomic E-state index is 0.0322. The van der Waals surface area contributed by atoms with E-state index in [2.05, 4.69) is 15.5 Å². The van der Waals surface area contributed by atoms with Gasteiger partial charge in [0.25, 0.3) is 0 Å². The fourth-order valence-corrected chi connectivity index (χ4v) is 3.12. The molecule has 130 valence electrons. The number of methoxy groups -OCH3 is 1. The average molecular weight is 357 g/mol. The van der Waals surface area contributed by atoms with Crippen LogP contribution in [0.15, 0.2) is 40.9 Å². The molecule has 6 nitrogen and oxygen atoms in total. The molecule has 0 fully saturated rings. The fourth-order valence-electron chi connectivity index (χ4n) is 2.29. The van der Waals surface area contributed by atoms with Crippen LogP contribution in [0, 0.1) is 6.92 Å². The number of aryl methyl sites for hydroxylation is 2. The topological polar surface area (TPSA) is 77.2 Å². The van der Waals surface area contributed by atoms with Crippen LogP contribution in [-0.4, -0.2) is 23.2 Å². The van der Waals surface area contributed by atoms with E-state index in [1.165, 1.54) is 4.88 Å². The molecule has 0 saturated heterocycles. The Labute approximate surface area is 149 Å². The van der Waals surface area contributed by atoms with Crippen LogP contribution < -0.4 is 10.1 Å². The summed E-state index contributed by atoms with van der Waals surface area (Å²) in [5, 5.41) is 6.86. The van der Waals surface area contributed by atoms with Crippen molar-refractivity contribution in [2.24, 2.45) is 0 Å². The zero-order valence-electron chi connectivity index (χ0n) is 14.1. The van der Waals surface area contributed by atoms with Crippen LogP contribution in [0.5, 0.6) is 5.75 Å². The van der Waals surface area contributed by atoms with Gasteiger partial charge in [0.05, 0.1) is 13.7 Å². The van der Waals surface area contributed by atoms with Crippen molar-refractivity contribution >= 4 is 17.2 Å². The van der Waals surface area contributed by atoms with E-state index >= 15 is 0 Å². The predicted octanol–water partition coefficient (Wildman–Crippen LogP) is 3.36. The lowest BCUT2D eigenvalue weighted by atomic mass is 10.2. The number of nitrogens with zero attached hydrogens (tertiary/aromatic N) is 2. The van der Waals surface area contributed by atoms with E-state index in [-0.39, 0.29) is 5.91 Å². The van der Waals surface area contributed by atoms with E-state index in [1.54, 1.807) is 18.4 Å². The Morgan fingerprint density at radius 2 is 2.04 bits per heavy atom. The molecular weight excluding hydrogens is 338 g/mol. The normalized spacial score (nSPS) is 10.6. The Balaban J connectivity index is 1.50. The Morgan fingerprint density at radius 3 is 2.72 bits per heavy atom. The summed E-state index contributed by atoms with van der Waals surface area (Å²) in [6.07, 6.45) is 0.729. The molecular formula is C18H19N3O3S. The number of ether oxygens (including phenoxy) is 1. The van der Waals surface area contributed by atoms with Gasteiger partial charge < -0.3 is 14.6 Å². The molecule has 0 spiro atoms. The van der Waals surface area contributed by atoms with Gasteiger partial charge in [-0.3, -0.25) is 4.79 Å². The second-order valence-electron chi connectivity index (χ2n) is 5.53. The van der Waals surface area contributed by atoms with Crippen LogP contribution in [0.25, 0.3) is 11.4 Å². The molecule has 0 aliphatic carbocycles. The summed E-state index contributed by atoms with van der Waals surface area (Å²) >= 11 is 1.68. The molecule has 7 heteroatoms. The van der Waals surface area contributed by atoms with Crippen molar-refractivity contribution in [3.63, 3.8) is 0 Å². The number of amides is 1. The van der Waals surface area contributed by atoms with Crippen molar-refractivity contribution in [1.29, 1.82) is 0 Å². The third-order valence-electron chi connectivity index (χ3n) is 3.64. The first-order chi connectivity index (χ1) is 12.1. The maximum atomic E-state index is 11.9. The predicted molar refractivity (Wildman–Crippen MR) is 95.5 cm³/mol. The quantitative estimate of drug-likeness (QED) is 0.701. The number of thiophene rings is 1. The van der Waals surface area contributed by atoms with E-state index in [4.69, 9.17) is 9.26 Å². The minimum atomic E-state index is -0.0322. The van der Waals surface area contributed by atoms with Gasteiger partial charge >= 0.3 is 0 Å². The van der Waals surface area contributed by atoms with E-state index in [1.807, 2.05) is 43.3 Å². The van der Waals surface area contributed by atoms with Gasteiger partial charge in [0.15, 0.2) is 0 Å². The van der Waals surface area contributed by atoms with Gasteiger partial charge in [-0.25, -0.2) is 0 Å². The van der Waals surface area contributed by atoms with Crippen LogP contribution in [-0.2, 0) is 17.8 Å². The molecule has 0 bridgehead atoms. The van der Waals surface area contributed by atoms with Crippen molar-refractivity contribution in [3.05, 3.63) is 52.0 Å². The molecule has 1 N–H and O–H groups in total. The number of carbonyl (C=O) groups excluding carboxylic acids is 1. The average Bonchev–Trinajstić information content (AvgIpc) is 3.27. The standard InChI is InChI=1S/C18H19N3O3S/c1-12-3-8-15(25-12)11-19-16(22)9-10-17-20-18(21-24-17)13-4-6-14(23-2)7-5-13/h3-8H,9-11H2,1-2H3,(H,19,22). The second-order valence-corrected chi connectivity index (χ2v) is 6.90. The molecule has 3 rings (SSSR count). The second kappa shape index (κ2) is 7.94. The zero-order valence-corrected chi connectivity index (χ0v) is 14.9. The van der Waals surface area contributed by atoms with Crippen molar-refractivity contribution in [2.45, 2.75) is 26.3 Å². The van der Waals surface area contributed by atoms with Gasteiger partial charge in [-0.15, -0.1) is 11.3 Å². The third-order valence-corrected chi connectivity index (χ3v) is 4.64. The number of benzene rings is 1. The first kappa shape index (κ1) is 17.2. The van der Waals surface area contributed by atoms with E-state index < -0.39 is 0 Å². The summed E-state index contributed by atoms with van der Waals surface area (Å²) in [7, 11) is 1.62. The van der Waals surface area contributed by atoms with Crippen molar-refractivity contribution in [2.75, 3.05) is 7.11 Å². The Kier molecular flexibility index (Phi) is 5.45. The maximum absolute atomic E-state index is 11.9. The lowest BCUT2D eigenvalue weighted by Gasteiger charge is -2.01. The highest BCUT2D eigenvalue weighted by Crippen LogP contribution is 2.20. The number of hydrogen-bond acceptors (Lipinski definition) is 6. The van der Waals surface area contributed by atoms with E-state index in [0.29, 0.717) is 31.1 Å². The van der Waals surface area contributed by atoms with Crippen molar-refractivity contribution < 1.29 is 14.1 Å². The van der Waals surface area contributed by atoms with E-state index in [0.717, 1.165) is 16.2 Å². The minimum Gasteiger partial charge on any atom is -0.497 e. The number of aromatic nitrogens is 2. The van der Waals surface area contributed by atoms with Gasteiger partial charge in [-0.1, -0.05) is 5.16 Å². The highest BCUT2D eigenvalue weighted by atomic mass is 32.1. The van der Waals surface area contributed by atoms with Gasteiger partial charge in [0.1, 0.15) is 5.75 Å². The van der Waals surface area contributed by atoms with Crippen LogP contribution >= 0.6 is 11.3 Å². The number of carbonyl (C=O) groups is 1. The SMILES string of the molecule is COc1ccc(-c2noc(CCC(=O)NCc3ccc(C)s3)n2)cc1. The summed E-state index contributed by atoms with van der Waals surface area (Å²) in [5.41, 5.74) is 0.841. The molecule has 0 aliphatic rings. The lowest BCUT2D eigenvalue weighted by molar-refractivity contribution is -0.121. The van der Waals surface area contributed by atoms with Crippen LogP contribution in [0.2, 0.25) is 0 Å². The number of rotatable bonds is 7. The highest BCUT2D eigenvalue weighted by molar-refractivity contribution is 7.11. The summed E-state index contributed by atoms with van der Waals surface area (Å²) < 4.78 is 10.3. The number of nitrogens with one attached hydrogen (secondary N) is 1. The highest BCUT2D eigenvalue weighted by Gasteiger charge is 2.11. The first-order valence-electron chi connectivity index (χ1n) is 7.93. The molecule has 0 aliphatic heterocycles. The zero-order chi connectivity index (χ0) is 17.6. The van der Waals surface area contributed by atoms with Crippen LogP contribution in [0.4, 0.5) is 0 Å². The summed E-state index contributed by atoms with van der Waals surface area (Å²) in [5.74, 6) is 1.69. The van der Waals surface area contributed by atoms with Crippen molar-refractivity contribution in [1.82, 2.24) is 15.5 Å². The maximum Gasteiger partial charge on any atom is 0.227 e. The summed E-state index contributed by atoms with van der Waals surface area (Å²) in [4.78, 5) is 18.6. The molecule has 2 aromatic heterocycles. The lowest BCUT2D eigenvalue weighted by Crippen LogP contribution is -2.22. The molecule has 2 heterocycles. The van der Waals surface area contributed by atoms with E-state index in [9.17, 15) is 4.79 Å². The summed E-state index contributed by atoms with van der Waals surface area (Å²) in [6.45, 7) is 2.60. The molecule has 0 radical (unpaired) electrons. The molecule has 25 heavy (non-hydrogen) atoms. The smallest absolute Gasteiger partial charge is 0.227 e. The molecule has 0 atom stereocenters. The molecule has 3 aromatic rings.